The predicted molar refractivity (Wildman–Crippen MR) is 56.8 cm³/mol. The van der Waals surface area contributed by atoms with E-state index in [-0.39, 0.29) is 24.0 Å². The number of halogens is 1. The summed E-state index contributed by atoms with van der Waals surface area (Å²) in [5, 5.41) is 8.70. The van der Waals surface area contributed by atoms with Crippen molar-refractivity contribution in [3.63, 3.8) is 0 Å². The van der Waals surface area contributed by atoms with Crippen molar-refractivity contribution < 1.29 is 14.7 Å². The maximum atomic E-state index is 10.9. The maximum Gasteiger partial charge on any atom is 0.335 e. The first-order chi connectivity index (χ1) is 6.66. The number of rotatable bonds is 1. The fourth-order valence-electron chi connectivity index (χ4n) is 1.24. The zero-order valence-corrected chi connectivity index (χ0v) is 8.27. The van der Waals surface area contributed by atoms with E-state index in [2.05, 4.69) is 9.98 Å². The van der Waals surface area contributed by atoms with Crippen molar-refractivity contribution in [2.24, 2.45) is 9.98 Å². The molecule has 0 fully saturated rings. The molecular weight excluding hydrogens is 220 g/mol. The number of carboxylic acid groups (broad SMARTS) is 1. The molecule has 0 aromatic rings. The van der Waals surface area contributed by atoms with Crippen LogP contribution in [-0.4, -0.2) is 35.0 Å². The summed E-state index contributed by atoms with van der Waals surface area (Å²) in [6, 6.07) is -0.309. The smallest absolute Gasteiger partial charge is 0.335 e. The van der Waals surface area contributed by atoms with E-state index in [4.69, 9.17) is 5.11 Å². The number of carbonyl (C=O) groups excluding carboxylic acids is 1. The second-order valence-corrected chi connectivity index (χ2v) is 2.86. The summed E-state index contributed by atoms with van der Waals surface area (Å²) in [5.74, 6) is -1.49. The van der Waals surface area contributed by atoms with Crippen LogP contribution < -0.4 is 0 Å². The Balaban J connectivity index is 0.00000112. The molecule has 0 radical (unpaired) electrons. The normalized spacial score (nSPS) is 22.4. The zero-order valence-electron chi connectivity index (χ0n) is 7.45. The molecule has 0 spiro atoms. The molecule has 1 heterocycles. The third kappa shape index (κ3) is 2.19. The molecule has 1 N–H and O–H groups in total. The van der Waals surface area contributed by atoms with Crippen LogP contribution in [0.2, 0.25) is 0 Å². The SMILES string of the molecule is Cl.O=C1C=NC2C=CC(C(=O)O)=CC2=N1. The fraction of sp³-hybridized carbons (Fsp3) is 0.111. The van der Waals surface area contributed by atoms with Crippen LogP contribution in [0, 0.1) is 0 Å². The standard InChI is InChI=1S/C9H6N2O3.ClH/c12-8-4-10-6-2-1-5(9(13)14)3-7(6)11-8;/h1-4,6H,(H,13,14);1H. The van der Waals surface area contributed by atoms with Gasteiger partial charge in [0, 0.05) is 0 Å². The molecule has 1 aliphatic carbocycles. The van der Waals surface area contributed by atoms with Crippen LogP contribution in [0.25, 0.3) is 0 Å². The van der Waals surface area contributed by atoms with Crippen molar-refractivity contribution >= 4 is 36.2 Å². The van der Waals surface area contributed by atoms with Gasteiger partial charge in [-0.2, -0.15) is 0 Å². The number of aliphatic carboxylic acids is 1. The van der Waals surface area contributed by atoms with Gasteiger partial charge in [-0.15, -0.1) is 12.4 Å². The van der Waals surface area contributed by atoms with E-state index in [1.54, 1.807) is 6.08 Å². The van der Waals surface area contributed by atoms with Gasteiger partial charge in [-0.1, -0.05) is 6.08 Å². The van der Waals surface area contributed by atoms with Crippen molar-refractivity contribution in [1.82, 2.24) is 0 Å². The Kier molecular flexibility index (Phi) is 3.16. The van der Waals surface area contributed by atoms with Crippen molar-refractivity contribution in [3.8, 4) is 0 Å². The van der Waals surface area contributed by atoms with Crippen molar-refractivity contribution in [2.75, 3.05) is 0 Å². The second kappa shape index (κ2) is 4.18. The molecule has 0 aromatic carbocycles. The number of hydrogen-bond acceptors (Lipinski definition) is 3. The van der Waals surface area contributed by atoms with Gasteiger partial charge in [-0.05, 0) is 12.2 Å². The lowest BCUT2D eigenvalue weighted by Crippen LogP contribution is -2.25. The van der Waals surface area contributed by atoms with Gasteiger partial charge in [0.2, 0.25) is 0 Å². The molecule has 0 saturated carbocycles. The largest absolute Gasteiger partial charge is 0.478 e. The number of carboxylic acids is 1. The molecule has 1 atom stereocenters. The summed E-state index contributed by atoms with van der Waals surface area (Å²) in [6.45, 7) is 0. The van der Waals surface area contributed by atoms with E-state index in [9.17, 15) is 9.59 Å². The van der Waals surface area contributed by atoms with Gasteiger partial charge in [0.05, 0.1) is 17.5 Å². The van der Waals surface area contributed by atoms with Gasteiger partial charge in [-0.3, -0.25) is 9.79 Å². The molecule has 0 aromatic heterocycles. The van der Waals surface area contributed by atoms with Crippen LogP contribution in [0.4, 0.5) is 0 Å². The first kappa shape index (κ1) is 11.3. The second-order valence-electron chi connectivity index (χ2n) is 2.86. The van der Waals surface area contributed by atoms with Crippen LogP contribution in [0.5, 0.6) is 0 Å². The van der Waals surface area contributed by atoms with Crippen LogP contribution in [0.15, 0.2) is 33.8 Å². The maximum absolute atomic E-state index is 10.9. The van der Waals surface area contributed by atoms with Crippen LogP contribution in [0.1, 0.15) is 0 Å². The molecule has 0 bridgehead atoms. The molecule has 0 saturated heterocycles. The third-order valence-corrected chi connectivity index (χ3v) is 1.90. The minimum absolute atomic E-state index is 0. The molecule has 1 amide bonds. The van der Waals surface area contributed by atoms with Gasteiger partial charge >= 0.3 is 5.97 Å². The summed E-state index contributed by atoms with van der Waals surface area (Å²) < 4.78 is 0. The van der Waals surface area contributed by atoms with Crippen LogP contribution in [-0.2, 0) is 9.59 Å². The summed E-state index contributed by atoms with van der Waals surface area (Å²) in [5.41, 5.74) is 0.502. The Bertz CT molecular complexity index is 435. The third-order valence-electron chi connectivity index (χ3n) is 1.90. The minimum Gasteiger partial charge on any atom is -0.478 e. The summed E-state index contributed by atoms with van der Waals surface area (Å²) in [4.78, 5) is 29.0. The Hall–Kier alpha value is -1.75. The highest BCUT2D eigenvalue weighted by molar-refractivity contribution is 6.33. The Morgan fingerprint density at radius 1 is 1.47 bits per heavy atom. The average molecular weight is 227 g/mol. The summed E-state index contributed by atoms with van der Waals surface area (Å²) in [7, 11) is 0. The summed E-state index contributed by atoms with van der Waals surface area (Å²) in [6.07, 6.45) is 5.56. The fourth-order valence-corrected chi connectivity index (χ4v) is 1.24. The highest BCUT2D eigenvalue weighted by Gasteiger charge is 2.21. The van der Waals surface area contributed by atoms with E-state index in [1.807, 2.05) is 0 Å². The molecule has 6 heteroatoms. The molecule has 2 rings (SSSR count). The van der Waals surface area contributed by atoms with E-state index in [0.29, 0.717) is 5.71 Å². The first-order valence-electron chi connectivity index (χ1n) is 3.96. The molecular formula is C9H7ClN2O3. The Morgan fingerprint density at radius 3 is 2.87 bits per heavy atom. The minimum atomic E-state index is -1.04. The zero-order chi connectivity index (χ0) is 10.1. The number of hydrogen-bond donors (Lipinski definition) is 1. The van der Waals surface area contributed by atoms with Crippen molar-refractivity contribution in [1.29, 1.82) is 0 Å². The number of aliphatic imine (C=N–C) groups is 2. The molecule has 1 aliphatic heterocycles. The lowest BCUT2D eigenvalue weighted by atomic mass is 10.0. The quantitative estimate of drug-likeness (QED) is 0.703. The van der Waals surface area contributed by atoms with Crippen LogP contribution >= 0.6 is 12.4 Å². The highest BCUT2D eigenvalue weighted by Crippen LogP contribution is 2.13. The van der Waals surface area contributed by atoms with E-state index >= 15 is 0 Å². The lowest BCUT2D eigenvalue weighted by Gasteiger charge is -2.15. The van der Waals surface area contributed by atoms with Gasteiger partial charge in [0.15, 0.2) is 0 Å². The van der Waals surface area contributed by atoms with Gasteiger partial charge in [0.1, 0.15) is 6.04 Å². The first-order valence-corrected chi connectivity index (χ1v) is 3.96. The topological polar surface area (TPSA) is 79.1 Å². The molecule has 15 heavy (non-hydrogen) atoms. The molecule has 78 valence electrons. The molecule has 2 aliphatic rings. The van der Waals surface area contributed by atoms with Gasteiger partial charge in [0.25, 0.3) is 5.91 Å². The lowest BCUT2D eigenvalue weighted by molar-refractivity contribution is -0.132. The molecule has 1 unspecified atom stereocenters. The van der Waals surface area contributed by atoms with E-state index in [1.165, 1.54) is 12.2 Å². The van der Waals surface area contributed by atoms with E-state index < -0.39 is 11.9 Å². The Morgan fingerprint density at radius 2 is 2.20 bits per heavy atom. The monoisotopic (exact) mass is 226 g/mol. The van der Waals surface area contributed by atoms with E-state index in [0.717, 1.165) is 6.21 Å². The van der Waals surface area contributed by atoms with Gasteiger partial charge < -0.3 is 5.11 Å². The number of fused-ring (bicyclic) bond motifs is 1. The Labute approximate surface area is 91.3 Å². The van der Waals surface area contributed by atoms with Crippen molar-refractivity contribution in [2.45, 2.75) is 6.04 Å². The highest BCUT2D eigenvalue weighted by atomic mass is 35.5. The predicted octanol–water partition coefficient (Wildman–Crippen LogP) is 0.410. The van der Waals surface area contributed by atoms with Crippen molar-refractivity contribution in [3.05, 3.63) is 23.8 Å². The van der Waals surface area contributed by atoms with Gasteiger partial charge in [-0.25, -0.2) is 9.79 Å². The average Bonchev–Trinajstić information content (AvgIpc) is 2.16. The number of amides is 1. The molecule has 5 nitrogen and oxygen atoms in total. The van der Waals surface area contributed by atoms with Crippen LogP contribution in [0.3, 0.4) is 0 Å². The number of nitrogens with zero attached hydrogens (tertiary/aromatic N) is 2. The summed E-state index contributed by atoms with van der Waals surface area (Å²) >= 11 is 0. The number of carbonyl (C=O) groups is 2.